The molecule has 0 aliphatic heterocycles. The molecule has 1 aliphatic carbocycles. The molecular weight excluding hydrogens is 716 g/mol. The third kappa shape index (κ3) is 31.7. The molecule has 0 unspecified atom stereocenters. The standard InChI is InChI=1S/C40H70N2O13/c41-12-14-44-16-18-46-20-22-48-24-26-50-28-30-52-32-34-54-35-33-53-31-29-51-27-25-49-23-21-47-19-17-45-15-13-42-40(43)38-10-8-37(9-11-38)36-55-39-6-4-2-1-3-5-7-39/h1-2,8-11,39H,3-7,12-36,41H2,(H,42,43)/t39-/m1/s1. The lowest BCUT2D eigenvalue weighted by Crippen LogP contribution is -2.27. The molecule has 0 saturated heterocycles. The van der Waals surface area contributed by atoms with Gasteiger partial charge in [-0.2, -0.15) is 0 Å². The Morgan fingerprint density at radius 1 is 0.509 bits per heavy atom. The molecule has 0 bridgehead atoms. The van der Waals surface area contributed by atoms with Crippen molar-refractivity contribution in [2.24, 2.45) is 5.73 Å². The van der Waals surface area contributed by atoms with E-state index in [0.29, 0.717) is 177 Å². The van der Waals surface area contributed by atoms with Gasteiger partial charge in [0.1, 0.15) is 0 Å². The Bertz CT molecular complexity index is 1010. The predicted octanol–water partition coefficient (Wildman–Crippen LogP) is 2.96. The van der Waals surface area contributed by atoms with Crippen LogP contribution in [0.1, 0.15) is 48.0 Å². The summed E-state index contributed by atoms with van der Waals surface area (Å²) < 4.78 is 66.1. The number of amides is 1. The van der Waals surface area contributed by atoms with Crippen LogP contribution in [0.5, 0.6) is 0 Å². The lowest BCUT2D eigenvalue weighted by Gasteiger charge is -2.18. The summed E-state index contributed by atoms with van der Waals surface area (Å²) in [6, 6.07) is 7.60. The van der Waals surface area contributed by atoms with Crippen molar-refractivity contribution in [1.29, 1.82) is 0 Å². The highest BCUT2D eigenvalue weighted by Crippen LogP contribution is 2.17. The normalized spacial score (nSPS) is 14.6. The van der Waals surface area contributed by atoms with Gasteiger partial charge in [-0.05, 0) is 49.8 Å². The van der Waals surface area contributed by atoms with E-state index in [9.17, 15) is 4.79 Å². The third-order valence-corrected chi connectivity index (χ3v) is 7.93. The molecule has 0 aromatic heterocycles. The van der Waals surface area contributed by atoms with E-state index in [2.05, 4.69) is 17.5 Å². The summed E-state index contributed by atoms with van der Waals surface area (Å²) in [4.78, 5) is 12.4. The lowest BCUT2D eigenvalue weighted by molar-refractivity contribution is -0.0274. The molecule has 2 rings (SSSR count). The summed E-state index contributed by atoms with van der Waals surface area (Å²) in [7, 11) is 0. The van der Waals surface area contributed by atoms with Crippen LogP contribution in [0.2, 0.25) is 0 Å². The molecule has 55 heavy (non-hydrogen) atoms. The Hall–Kier alpha value is -2.09. The minimum Gasteiger partial charge on any atom is -0.378 e. The molecule has 15 nitrogen and oxygen atoms in total. The summed E-state index contributed by atoms with van der Waals surface area (Å²) in [5, 5.41) is 2.89. The number of benzene rings is 1. The van der Waals surface area contributed by atoms with Gasteiger partial charge in [0.15, 0.2) is 0 Å². The molecule has 318 valence electrons. The number of carbonyl (C=O) groups excluding carboxylic acids is 1. The lowest BCUT2D eigenvalue weighted by atomic mass is 10.0. The second-order valence-electron chi connectivity index (χ2n) is 12.4. The Morgan fingerprint density at radius 3 is 1.31 bits per heavy atom. The molecule has 1 aliphatic rings. The summed E-state index contributed by atoms with van der Waals surface area (Å²) in [5.74, 6) is -0.117. The summed E-state index contributed by atoms with van der Waals surface area (Å²) in [6.07, 6.45) is 10.4. The number of allylic oxidation sites excluding steroid dienone is 2. The molecule has 0 saturated carbocycles. The average Bonchev–Trinajstić information content (AvgIpc) is 3.19. The van der Waals surface area contributed by atoms with Crippen molar-refractivity contribution in [2.45, 2.75) is 44.8 Å². The second kappa shape index (κ2) is 38.8. The van der Waals surface area contributed by atoms with E-state index in [0.717, 1.165) is 31.2 Å². The highest BCUT2D eigenvalue weighted by Gasteiger charge is 2.11. The fourth-order valence-corrected chi connectivity index (χ4v) is 4.98. The van der Waals surface area contributed by atoms with Gasteiger partial charge in [-0.15, -0.1) is 0 Å². The van der Waals surface area contributed by atoms with Gasteiger partial charge in [0.2, 0.25) is 0 Å². The Balaban J connectivity index is 1.21. The zero-order chi connectivity index (χ0) is 39.0. The van der Waals surface area contributed by atoms with Crippen molar-refractivity contribution in [3.05, 3.63) is 47.5 Å². The number of hydrogen-bond acceptors (Lipinski definition) is 14. The first-order valence-corrected chi connectivity index (χ1v) is 20.0. The van der Waals surface area contributed by atoms with Crippen molar-refractivity contribution in [3.8, 4) is 0 Å². The van der Waals surface area contributed by atoms with Crippen LogP contribution in [-0.2, 0) is 63.4 Å². The molecule has 1 atom stereocenters. The van der Waals surface area contributed by atoms with Crippen LogP contribution in [0.25, 0.3) is 0 Å². The summed E-state index contributed by atoms with van der Waals surface area (Å²) in [5.41, 5.74) is 7.04. The molecule has 0 fully saturated rings. The van der Waals surface area contributed by atoms with E-state index in [-0.39, 0.29) is 5.91 Å². The van der Waals surface area contributed by atoms with Crippen molar-refractivity contribution >= 4 is 5.91 Å². The van der Waals surface area contributed by atoms with Crippen molar-refractivity contribution < 1.29 is 61.6 Å². The third-order valence-electron chi connectivity index (χ3n) is 7.93. The SMILES string of the molecule is NCCOCCOCCOCCOCCOCCOCCOCCOCCOCCOCCOCCNC(=O)c1ccc(CO[C@@H]2CCC=CCCC2)cc1. The number of hydrogen-bond donors (Lipinski definition) is 2. The number of ether oxygens (including phenoxy) is 12. The minimum atomic E-state index is -0.117. The molecule has 1 aromatic carbocycles. The quantitative estimate of drug-likeness (QED) is 0.0739. The van der Waals surface area contributed by atoms with Crippen LogP contribution >= 0.6 is 0 Å². The Morgan fingerprint density at radius 2 is 0.891 bits per heavy atom. The average molecular weight is 787 g/mol. The van der Waals surface area contributed by atoms with Crippen LogP contribution in [0.4, 0.5) is 0 Å². The van der Waals surface area contributed by atoms with Gasteiger partial charge < -0.3 is 67.9 Å². The van der Waals surface area contributed by atoms with Crippen LogP contribution in [0.3, 0.4) is 0 Å². The summed E-state index contributed by atoms with van der Waals surface area (Å²) in [6.45, 7) is 12.5. The zero-order valence-corrected chi connectivity index (χ0v) is 33.1. The maximum absolute atomic E-state index is 12.4. The van der Waals surface area contributed by atoms with Crippen LogP contribution in [-0.4, -0.2) is 170 Å². The molecule has 3 N–H and O–H groups in total. The van der Waals surface area contributed by atoms with Gasteiger partial charge in [-0.25, -0.2) is 0 Å². The van der Waals surface area contributed by atoms with Crippen LogP contribution in [0, 0.1) is 0 Å². The Kier molecular flexibility index (Phi) is 34.6. The van der Waals surface area contributed by atoms with Gasteiger partial charge in [-0.3, -0.25) is 4.79 Å². The number of carbonyl (C=O) groups is 1. The first-order valence-electron chi connectivity index (χ1n) is 20.0. The second-order valence-corrected chi connectivity index (χ2v) is 12.4. The van der Waals surface area contributed by atoms with E-state index in [1.807, 2.05) is 24.3 Å². The molecule has 0 heterocycles. The fraction of sp³-hybridized carbons (Fsp3) is 0.775. The van der Waals surface area contributed by atoms with Crippen molar-refractivity contribution in [3.63, 3.8) is 0 Å². The van der Waals surface area contributed by atoms with E-state index >= 15 is 0 Å². The smallest absolute Gasteiger partial charge is 0.251 e. The van der Waals surface area contributed by atoms with E-state index in [1.54, 1.807) is 0 Å². The summed E-state index contributed by atoms with van der Waals surface area (Å²) >= 11 is 0. The van der Waals surface area contributed by atoms with E-state index < -0.39 is 0 Å². The molecule has 1 amide bonds. The number of rotatable bonds is 39. The highest BCUT2D eigenvalue weighted by atomic mass is 16.6. The molecule has 1 aromatic rings. The van der Waals surface area contributed by atoms with Crippen molar-refractivity contribution in [1.82, 2.24) is 5.32 Å². The minimum absolute atomic E-state index is 0.117. The van der Waals surface area contributed by atoms with Gasteiger partial charge >= 0.3 is 0 Å². The largest absolute Gasteiger partial charge is 0.378 e. The predicted molar refractivity (Wildman–Crippen MR) is 208 cm³/mol. The van der Waals surface area contributed by atoms with Gasteiger partial charge in [0.05, 0.1) is 158 Å². The Labute approximate surface area is 329 Å². The van der Waals surface area contributed by atoms with E-state index in [4.69, 9.17) is 62.6 Å². The molecular formula is C40H70N2O13. The maximum atomic E-state index is 12.4. The highest BCUT2D eigenvalue weighted by molar-refractivity contribution is 5.94. The first-order chi connectivity index (χ1) is 27.3. The zero-order valence-electron chi connectivity index (χ0n) is 33.1. The van der Waals surface area contributed by atoms with Gasteiger partial charge in [0, 0.05) is 18.7 Å². The van der Waals surface area contributed by atoms with Crippen molar-refractivity contribution in [2.75, 3.05) is 158 Å². The topological polar surface area (TPSA) is 166 Å². The van der Waals surface area contributed by atoms with Gasteiger partial charge in [0.25, 0.3) is 5.91 Å². The monoisotopic (exact) mass is 786 g/mol. The fourth-order valence-electron chi connectivity index (χ4n) is 4.98. The first kappa shape index (κ1) is 49.1. The van der Waals surface area contributed by atoms with Crippen LogP contribution < -0.4 is 11.1 Å². The number of nitrogens with one attached hydrogen (secondary N) is 1. The molecule has 0 spiro atoms. The molecule has 15 heteroatoms. The van der Waals surface area contributed by atoms with Gasteiger partial charge in [-0.1, -0.05) is 24.3 Å². The molecule has 0 radical (unpaired) electrons. The maximum Gasteiger partial charge on any atom is 0.251 e. The number of nitrogens with two attached hydrogens (primary N) is 1. The van der Waals surface area contributed by atoms with Crippen LogP contribution in [0.15, 0.2) is 36.4 Å². The van der Waals surface area contributed by atoms with E-state index in [1.165, 1.54) is 6.42 Å².